The summed E-state index contributed by atoms with van der Waals surface area (Å²) < 4.78 is 41.5. The lowest BCUT2D eigenvalue weighted by molar-refractivity contribution is -0.274. The number of hydrogen-bond donors (Lipinski definition) is 1. The van der Waals surface area contributed by atoms with E-state index in [1.807, 2.05) is 6.07 Å². The molecule has 1 aromatic heterocycles. The van der Waals surface area contributed by atoms with Gasteiger partial charge in [0.2, 0.25) is 0 Å². The molecule has 1 heterocycles. The molecule has 0 aliphatic carbocycles. The van der Waals surface area contributed by atoms with Crippen molar-refractivity contribution in [3.8, 4) is 11.8 Å². The Morgan fingerprint density at radius 2 is 2.00 bits per heavy atom. The fourth-order valence-electron chi connectivity index (χ4n) is 1.50. The van der Waals surface area contributed by atoms with Gasteiger partial charge in [0.15, 0.2) is 5.75 Å². The van der Waals surface area contributed by atoms with Gasteiger partial charge in [-0.1, -0.05) is 15.9 Å². The van der Waals surface area contributed by atoms with Crippen LogP contribution >= 0.6 is 15.9 Å². The van der Waals surface area contributed by atoms with E-state index < -0.39 is 6.36 Å². The van der Waals surface area contributed by atoms with Gasteiger partial charge in [-0.05, 0) is 30.3 Å². The van der Waals surface area contributed by atoms with Gasteiger partial charge < -0.3 is 10.1 Å². The Bertz CT molecular complexity index is 681. The Morgan fingerprint density at radius 3 is 2.57 bits per heavy atom. The molecule has 108 valence electrons. The first-order chi connectivity index (χ1) is 9.87. The summed E-state index contributed by atoms with van der Waals surface area (Å²) in [5.41, 5.74) is 0.772. The molecule has 0 amide bonds. The summed E-state index contributed by atoms with van der Waals surface area (Å²) in [5.74, 6) is -0.374. The third-order valence-electron chi connectivity index (χ3n) is 2.33. The average molecular weight is 358 g/mol. The topological polar surface area (TPSA) is 57.9 Å². The molecule has 0 saturated carbocycles. The van der Waals surface area contributed by atoms with Gasteiger partial charge >= 0.3 is 6.36 Å². The van der Waals surface area contributed by atoms with E-state index in [4.69, 9.17) is 5.26 Å². The van der Waals surface area contributed by atoms with E-state index in [1.165, 1.54) is 30.5 Å². The molecule has 0 bridgehead atoms. The zero-order chi connectivity index (χ0) is 15.5. The van der Waals surface area contributed by atoms with E-state index in [-0.39, 0.29) is 17.1 Å². The van der Waals surface area contributed by atoms with Crippen molar-refractivity contribution in [1.29, 1.82) is 5.26 Å². The lowest BCUT2D eigenvalue weighted by Gasteiger charge is -2.15. The zero-order valence-electron chi connectivity index (χ0n) is 10.3. The summed E-state index contributed by atoms with van der Waals surface area (Å²) in [4.78, 5) is 3.82. The fraction of sp³-hybridized carbons (Fsp3) is 0.0769. The van der Waals surface area contributed by atoms with Crippen LogP contribution in [-0.4, -0.2) is 11.3 Å². The second-order valence-corrected chi connectivity index (χ2v) is 4.77. The smallest absolute Gasteiger partial charge is 0.404 e. The third-order valence-corrected chi connectivity index (χ3v) is 2.82. The largest absolute Gasteiger partial charge is 0.573 e. The first-order valence-electron chi connectivity index (χ1n) is 5.56. The lowest BCUT2D eigenvalue weighted by Crippen LogP contribution is -2.18. The highest BCUT2D eigenvalue weighted by atomic mass is 79.9. The van der Waals surface area contributed by atoms with Crippen LogP contribution in [0.5, 0.6) is 5.75 Å². The molecule has 1 aromatic carbocycles. The number of rotatable bonds is 3. The number of ether oxygens (including phenoxy) is 1. The van der Waals surface area contributed by atoms with Gasteiger partial charge in [0.1, 0.15) is 11.8 Å². The zero-order valence-corrected chi connectivity index (χ0v) is 11.9. The van der Waals surface area contributed by atoms with Gasteiger partial charge in [-0.3, -0.25) is 0 Å². The number of halogens is 4. The van der Waals surface area contributed by atoms with Gasteiger partial charge in [0.25, 0.3) is 0 Å². The first kappa shape index (κ1) is 15.1. The molecule has 8 heteroatoms. The molecule has 2 rings (SSSR count). The first-order valence-corrected chi connectivity index (χ1v) is 6.35. The van der Waals surface area contributed by atoms with Crippen LogP contribution in [0.15, 0.2) is 41.0 Å². The number of pyridine rings is 1. The van der Waals surface area contributed by atoms with Gasteiger partial charge in [0, 0.05) is 4.47 Å². The second-order valence-electron chi connectivity index (χ2n) is 3.86. The average Bonchev–Trinajstić information content (AvgIpc) is 2.41. The molecule has 0 saturated heterocycles. The maximum absolute atomic E-state index is 12.4. The van der Waals surface area contributed by atoms with E-state index in [0.717, 1.165) is 0 Å². The molecular weight excluding hydrogens is 351 g/mol. The minimum atomic E-state index is -4.79. The van der Waals surface area contributed by atoms with E-state index in [9.17, 15) is 13.2 Å². The van der Waals surface area contributed by atoms with Gasteiger partial charge in [-0.2, -0.15) is 5.26 Å². The van der Waals surface area contributed by atoms with Crippen molar-refractivity contribution in [3.05, 3.63) is 46.7 Å². The van der Waals surface area contributed by atoms with Gasteiger partial charge in [-0.15, -0.1) is 13.2 Å². The maximum Gasteiger partial charge on any atom is 0.573 e. The van der Waals surface area contributed by atoms with Crippen LogP contribution in [0.3, 0.4) is 0 Å². The maximum atomic E-state index is 12.4. The van der Waals surface area contributed by atoms with Gasteiger partial charge in [0.05, 0.1) is 17.6 Å². The highest BCUT2D eigenvalue weighted by Gasteiger charge is 2.32. The van der Waals surface area contributed by atoms with Crippen molar-refractivity contribution in [2.45, 2.75) is 6.36 Å². The summed E-state index contributed by atoms with van der Waals surface area (Å²) in [6, 6.07) is 9.04. The number of nitriles is 1. The highest BCUT2D eigenvalue weighted by Crippen LogP contribution is 2.34. The second kappa shape index (κ2) is 6.01. The number of benzene rings is 1. The molecule has 2 aromatic rings. The van der Waals surface area contributed by atoms with E-state index in [0.29, 0.717) is 10.2 Å². The number of nitrogens with one attached hydrogen (secondary N) is 1. The molecule has 0 radical (unpaired) electrons. The van der Waals surface area contributed by atoms with Gasteiger partial charge in [-0.25, -0.2) is 4.98 Å². The predicted octanol–water partition coefficient (Wildman–Crippen LogP) is 4.36. The molecule has 1 N–H and O–H groups in total. The van der Waals surface area contributed by atoms with Crippen molar-refractivity contribution < 1.29 is 17.9 Å². The molecular formula is C13H7BrF3N3O. The Kier molecular flexibility index (Phi) is 4.33. The van der Waals surface area contributed by atoms with Crippen LogP contribution in [0, 0.1) is 11.3 Å². The van der Waals surface area contributed by atoms with E-state index in [2.05, 4.69) is 31.0 Å². The van der Waals surface area contributed by atoms with Crippen molar-refractivity contribution in [2.75, 3.05) is 5.32 Å². The van der Waals surface area contributed by atoms with Crippen LogP contribution in [0.1, 0.15) is 5.69 Å². The highest BCUT2D eigenvalue weighted by molar-refractivity contribution is 9.10. The summed E-state index contributed by atoms with van der Waals surface area (Å²) in [6.45, 7) is 0. The Labute approximate surface area is 126 Å². The number of nitrogens with zero attached hydrogens (tertiary/aromatic N) is 2. The number of hydrogen-bond acceptors (Lipinski definition) is 4. The molecule has 0 fully saturated rings. The molecule has 4 nitrogen and oxygen atoms in total. The fourth-order valence-corrected chi connectivity index (χ4v) is 1.84. The summed E-state index contributed by atoms with van der Waals surface area (Å²) in [6.07, 6.45) is -3.45. The van der Waals surface area contributed by atoms with Crippen LogP contribution in [-0.2, 0) is 0 Å². The normalized spacial score (nSPS) is 10.8. The van der Waals surface area contributed by atoms with E-state index in [1.54, 1.807) is 6.07 Å². The van der Waals surface area contributed by atoms with Crippen molar-refractivity contribution in [2.24, 2.45) is 0 Å². The molecule has 21 heavy (non-hydrogen) atoms. The molecule has 0 aliphatic rings. The molecule has 0 spiro atoms. The monoisotopic (exact) mass is 357 g/mol. The van der Waals surface area contributed by atoms with Crippen LogP contribution in [0.25, 0.3) is 0 Å². The number of aromatic nitrogens is 1. The molecule has 0 aliphatic heterocycles. The molecule has 0 atom stereocenters. The van der Waals surface area contributed by atoms with Crippen LogP contribution < -0.4 is 10.1 Å². The SMILES string of the molecule is N#Cc1ccc(Nc2ccc(Br)cc2OC(F)(F)F)cn1. The molecule has 0 unspecified atom stereocenters. The standard InChI is InChI=1S/C13H7BrF3N3O/c14-8-1-4-11(12(5-8)21-13(15,16)17)20-10-3-2-9(6-18)19-7-10/h1-5,7,20H. The summed E-state index contributed by atoms with van der Waals surface area (Å²) in [5, 5.41) is 11.4. The van der Waals surface area contributed by atoms with Crippen molar-refractivity contribution >= 4 is 27.3 Å². The van der Waals surface area contributed by atoms with Crippen molar-refractivity contribution in [1.82, 2.24) is 4.98 Å². The van der Waals surface area contributed by atoms with Crippen molar-refractivity contribution in [3.63, 3.8) is 0 Å². The minimum Gasteiger partial charge on any atom is -0.404 e. The summed E-state index contributed by atoms with van der Waals surface area (Å²) >= 11 is 3.08. The minimum absolute atomic E-state index is 0.127. The van der Waals surface area contributed by atoms with Crippen LogP contribution in [0.2, 0.25) is 0 Å². The quantitative estimate of drug-likeness (QED) is 0.886. The number of alkyl halides is 3. The van der Waals surface area contributed by atoms with Crippen LogP contribution in [0.4, 0.5) is 24.5 Å². The Hall–Kier alpha value is -2.27. The number of anilines is 2. The third kappa shape index (κ3) is 4.36. The lowest BCUT2D eigenvalue weighted by atomic mass is 10.2. The Balaban J connectivity index is 2.28. The van der Waals surface area contributed by atoms with E-state index >= 15 is 0 Å². The summed E-state index contributed by atoms with van der Waals surface area (Å²) in [7, 11) is 0. The predicted molar refractivity (Wildman–Crippen MR) is 73.1 cm³/mol. The Morgan fingerprint density at radius 1 is 1.24 bits per heavy atom.